The number of benzene rings is 2. The lowest BCUT2D eigenvalue weighted by molar-refractivity contribution is -0.118. The second-order valence-electron chi connectivity index (χ2n) is 6.46. The Morgan fingerprint density at radius 1 is 1.00 bits per heavy atom. The number of nitrogens with zero attached hydrogens (tertiary/aromatic N) is 1. The molecule has 0 aliphatic rings. The molecule has 2 aromatic carbocycles. The lowest BCUT2D eigenvalue weighted by Gasteiger charge is -2.25. The van der Waals surface area contributed by atoms with Gasteiger partial charge in [0.15, 0.2) is 0 Å². The van der Waals surface area contributed by atoms with Crippen LogP contribution in [-0.2, 0) is 9.59 Å². The summed E-state index contributed by atoms with van der Waals surface area (Å²) in [5.41, 5.74) is 1.85. The highest BCUT2D eigenvalue weighted by Gasteiger charge is 2.15. The van der Waals surface area contributed by atoms with Crippen LogP contribution in [-0.4, -0.2) is 56.0 Å². The van der Waals surface area contributed by atoms with Crippen molar-refractivity contribution >= 4 is 29.3 Å². The monoisotopic (exact) mass is 401 g/mol. The molecule has 0 saturated carbocycles. The number of hydrogen-bond donors (Lipinski definition) is 2. The largest absolute Gasteiger partial charge is 0.497 e. The zero-order valence-corrected chi connectivity index (χ0v) is 17.3. The fraction of sp³-hybridized carbons (Fsp3) is 0.333. The Kier molecular flexibility index (Phi) is 8.84. The molecule has 0 bridgehead atoms. The zero-order chi connectivity index (χ0) is 20.4. The van der Waals surface area contributed by atoms with Gasteiger partial charge >= 0.3 is 0 Å². The molecule has 7 heteroatoms. The fourth-order valence-electron chi connectivity index (χ4n) is 2.64. The van der Waals surface area contributed by atoms with Crippen molar-refractivity contribution in [1.29, 1.82) is 0 Å². The number of para-hydroxylation sites is 1. The molecule has 0 spiro atoms. The van der Waals surface area contributed by atoms with E-state index in [4.69, 9.17) is 4.74 Å². The van der Waals surface area contributed by atoms with Crippen LogP contribution in [0.2, 0.25) is 0 Å². The van der Waals surface area contributed by atoms with E-state index in [2.05, 4.69) is 15.5 Å². The Morgan fingerprint density at radius 3 is 2.25 bits per heavy atom. The van der Waals surface area contributed by atoms with Crippen LogP contribution in [0.5, 0.6) is 5.75 Å². The normalized spacial score (nSPS) is 11.7. The highest BCUT2D eigenvalue weighted by Crippen LogP contribution is 2.20. The van der Waals surface area contributed by atoms with Gasteiger partial charge in [-0.25, -0.2) is 0 Å². The number of anilines is 1. The summed E-state index contributed by atoms with van der Waals surface area (Å²) in [6.45, 7) is 0.495. The van der Waals surface area contributed by atoms with Gasteiger partial charge in [-0.05, 0) is 43.9 Å². The number of hydrogen-bond acceptors (Lipinski definition) is 5. The molecule has 150 valence electrons. The van der Waals surface area contributed by atoms with Gasteiger partial charge in [-0.15, -0.1) is 11.8 Å². The molecule has 0 heterocycles. The Morgan fingerprint density at radius 2 is 1.64 bits per heavy atom. The Hall–Kier alpha value is -2.51. The number of carbonyl (C=O) groups excluding carboxylic acids is 2. The van der Waals surface area contributed by atoms with Crippen molar-refractivity contribution in [1.82, 2.24) is 10.2 Å². The molecule has 6 nitrogen and oxygen atoms in total. The van der Waals surface area contributed by atoms with E-state index in [1.165, 1.54) is 11.8 Å². The average molecular weight is 402 g/mol. The highest BCUT2D eigenvalue weighted by molar-refractivity contribution is 8.00. The summed E-state index contributed by atoms with van der Waals surface area (Å²) in [5.74, 6) is 1.07. The van der Waals surface area contributed by atoms with E-state index in [-0.39, 0.29) is 29.4 Å². The maximum absolute atomic E-state index is 12.1. The molecule has 1 unspecified atom stereocenters. The molecular formula is C21H27N3O3S. The number of amides is 2. The maximum Gasteiger partial charge on any atom is 0.234 e. The maximum atomic E-state index is 12.1. The van der Waals surface area contributed by atoms with Crippen molar-refractivity contribution in [3.05, 3.63) is 60.2 Å². The highest BCUT2D eigenvalue weighted by atomic mass is 32.2. The van der Waals surface area contributed by atoms with E-state index in [1.807, 2.05) is 68.7 Å². The predicted molar refractivity (Wildman–Crippen MR) is 115 cm³/mol. The van der Waals surface area contributed by atoms with Gasteiger partial charge in [-0.3, -0.25) is 9.59 Å². The third-order valence-corrected chi connectivity index (χ3v) is 5.07. The van der Waals surface area contributed by atoms with E-state index in [0.29, 0.717) is 6.54 Å². The number of methoxy groups -OCH3 is 1. The summed E-state index contributed by atoms with van der Waals surface area (Å²) in [6.07, 6.45) is 0. The summed E-state index contributed by atoms with van der Waals surface area (Å²) in [7, 11) is 5.59. The van der Waals surface area contributed by atoms with Crippen LogP contribution in [0.3, 0.4) is 0 Å². The van der Waals surface area contributed by atoms with Crippen molar-refractivity contribution in [2.75, 3.05) is 44.6 Å². The number of likely N-dealkylation sites (N-methyl/N-ethyl adjacent to an activating group) is 1. The number of rotatable bonds is 10. The average Bonchev–Trinajstić information content (AvgIpc) is 2.69. The van der Waals surface area contributed by atoms with E-state index in [1.54, 1.807) is 7.11 Å². The summed E-state index contributed by atoms with van der Waals surface area (Å²) in [5, 5.41) is 5.75. The second kappa shape index (κ2) is 11.4. The topological polar surface area (TPSA) is 70.7 Å². The molecular weight excluding hydrogens is 374 g/mol. The zero-order valence-electron chi connectivity index (χ0n) is 16.5. The van der Waals surface area contributed by atoms with Crippen molar-refractivity contribution in [2.45, 2.75) is 6.04 Å². The van der Waals surface area contributed by atoms with Crippen LogP contribution >= 0.6 is 11.8 Å². The van der Waals surface area contributed by atoms with E-state index >= 15 is 0 Å². The van der Waals surface area contributed by atoms with Crippen LogP contribution in [0, 0.1) is 0 Å². The quantitative estimate of drug-likeness (QED) is 0.641. The first-order chi connectivity index (χ1) is 13.5. The molecule has 2 N–H and O–H groups in total. The van der Waals surface area contributed by atoms with Gasteiger partial charge in [0.1, 0.15) is 5.75 Å². The minimum Gasteiger partial charge on any atom is -0.497 e. The molecule has 2 aromatic rings. The molecule has 2 rings (SSSR count). The molecule has 28 heavy (non-hydrogen) atoms. The van der Waals surface area contributed by atoms with E-state index in [9.17, 15) is 9.59 Å². The number of ether oxygens (including phenoxy) is 1. The molecule has 0 saturated heterocycles. The third-order valence-electron chi connectivity index (χ3n) is 4.14. The minimum absolute atomic E-state index is 0.0567. The molecule has 0 aromatic heterocycles. The van der Waals surface area contributed by atoms with Crippen molar-refractivity contribution in [2.24, 2.45) is 0 Å². The van der Waals surface area contributed by atoms with E-state index in [0.717, 1.165) is 17.0 Å². The third kappa shape index (κ3) is 7.25. The van der Waals surface area contributed by atoms with Crippen LogP contribution in [0.15, 0.2) is 54.6 Å². The number of thioether (sulfide) groups is 1. The van der Waals surface area contributed by atoms with Crippen molar-refractivity contribution in [3.8, 4) is 5.75 Å². The number of carbonyl (C=O) groups is 2. The molecule has 0 fully saturated rings. The standard InChI is InChI=1S/C21H27N3O3S/c1-24(2)19(16-9-11-18(27-3)12-10-16)13-22-20(25)14-28-15-21(26)23-17-7-5-4-6-8-17/h4-12,19H,13-15H2,1-3H3,(H,22,25)(H,23,26). The van der Waals surface area contributed by atoms with Gasteiger partial charge in [0, 0.05) is 12.2 Å². The van der Waals surface area contributed by atoms with Gasteiger partial charge in [0.05, 0.1) is 24.7 Å². The molecule has 0 aliphatic heterocycles. The smallest absolute Gasteiger partial charge is 0.234 e. The van der Waals surface area contributed by atoms with Gasteiger partial charge < -0.3 is 20.3 Å². The second-order valence-corrected chi connectivity index (χ2v) is 7.45. The summed E-state index contributed by atoms with van der Waals surface area (Å²) >= 11 is 1.30. The fourth-order valence-corrected chi connectivity index (χ4v) is 3.29. The van der Waals surface area contributed by atoms with Crippen LogP contribution < -0.4 is 15.4 Å². The Bertz CT molecular complexity index is 751. The van der Waals surface area contributed by atoms with Gasteiger partial charge in [-0.1, -0.05) is 30.3 Å². The van der Waals surface area contributed by atoms with Gasteiger partial charge in [0.25, 0.3) is 0 Å². The first-order valence-corrected chi connectivity index (χ1v) is 10.1. The Labute approximate surface area is 170 Å². The van der Waals surface area contributed by atoms with Crippen molar-refractivity contribution < 1.29 is 14.3 Å². The van der Waals surface area contributed by atoms with Crippen molar-refractivity contribution in [3.63, 3.8) is 0 Å². The number of nitrogens with one attached hydrogen (secondary N) is 2. The summed E-state index contributed by atoms with van der Waals surface area (Å²) in [6, 6.07) is 17.1. The van der Waals surface area contributed by atoms with E-state index < -0.39 is 0 Å². The first-order valence-electron chi connectivity index (χ1n) is 8.99. The lowest BCUT2D eigenvalue weighted by atomic mass is 10.1. The molecule has 1 atom stereocenters. The summed E-state index contributed by atoms with van der Waals surface area (Å²) in [4.78, 5) is 26.1. The SMILES string of the molecule is COc1ccc(C(CNC(=O)CSCC(=O)Nc2ccccc2)N(C)C)cc1. The molecule has 2 amide bonds. The molecule has 0 aliphatic carbocycles. The Balaban J connectivity index is 1.74. The first kappa shape index (κ1) is 21.8. The molecule has 0 radical (unpaired) electrons. The van der Waals surface area contributed by atoms with Gasteiger partial charge in [0.2, 0.25) is 11.8 Å². The lowest BCUT2D eigenvalue weighted by Crippen LogP contribution is -2.35. The van der Waals surface area contributed by atoms with Crippen LogP contribution in [0.4, 0.5) is 5.69 Å². The van der Waals surface area contributed by atoms with Gasteiger partial charge in [-0.2, -0.15) is 0 Å². The van der Waals surface area contributed by atoms with Crippen LogP contribution in [0.1, 0.15) is 11.6 Å². The predicted octanol–water partition coefficient (Wildman–Crippen LogP) is 2.79. The summed E-state index contributed by atoms with van der Waals surface area (Å²) < 4.78 is 5.19. The van der Waals surface area contributed by atoms with Crippen LogP contribution in [0.25, 0.3) is 0 Å². The minimum atomic E-state index is -0.117.